The van der Waals surface area contributed by atoms with Crippen molar-refractivity contribution in [3.05, 3.63) is 0 Å². The van der Waals surface area contributed by atoms with E-state index in [4.69, 9.17) is 10.8 Å². The van der Waals surface area contributed by atoms with E-state index in [2.05, 4.69) is 16.7 Å². The van der Waals surface area contributed by atoms with E-state index in [-0.39, 0.29) is 19.3 Å². The fraction of sp³-hybridized carbons (Fsp3) is 0.824. The SMILES string of the molecule is CCCCCCCCCCCC(=O)OOC(=O)C(N)CCC(=O)O. The highest BCUT2D eigenvalue weighted by Crippen LogP contribution is 2.11. The first-order chi connectivity index (χ1) is 11.5. The van der Waals surface area contributed by atoms with Gasteiger partial charge in [-0.05, 0) is 12.8 Å². The number of carbonyl (C=O) groups excluding carboxylic acids is 2. The minimum absolute atomic E-state index is 0.0655. The molecule has 0 rings (SSSR count). The topological polar surface area (TPSA) is 116 Å². The number of unbranched alkanes of at least 4 members (excludes halogenated alkanes) is 8. The zero-order valence-electron chi connectivity index (χ0n) is 14.6. The van der Waals surface area contributed by atoms with Gasteiger partial charge in [0.25, 0.3) is 0 Å². The number of carbonyl (C=O) groups is 3. The van der Waals surface area contributed by atoms with E-state index in [0.717, 1.165) is 12.8 Å². The highest BCUT2D eigenvalue weighted by molar-refractivity contribution is 5.77. The second-order valence-corrected chi connectivity index (χ2v) is 5.98. The Labute approximate surface area is 143 Å². The Bertz CT molecular complexity index is 372. The van der Waals surface area contributed by atoms with Crippen molar-refractivity contribution in [1.82, 2.24) is 0 Å². The molecule has 7 nitrogen and oxygen atoms in total. The van der Waals surface area contributed by atoms with Gasteiger partial charge in [-0.1, -0.05) is 58.3 Å². The summed E-state index contributed by atoms with van der Waals surface area (Å²) in [6, 6.07) is -1.11. The van der Waals surface area contributed by atoms with Crippen LogP contribution >= 0.6 is 0 Å². The molecule has 0 saturated carbocycles. The maximum absolute atomic E-state index is 11.4. The van der Waals surface area contributed by atoms with Crippen LogP contribution in [-0.4, -0.2) is 29.1 Å². The summed E-state index contributed by atoms with van der Waals surface area (Å²) in [5, 5.41) is 8.48. The first-order valence-electron chi connectivity index (χ1n) is 8.86. The van der Waals surface area contributed by atoms with Crippen LogP contribution in [0, 0.1) is 0 Å². The van der Waals surface area contributed by atoms with Crippen LogP contribution in [0.1, 0.15) is 84.0 Å². The molecule has 0 aliphatic heterocycles. The van der Waals surface area contributed by atoms with E-state index in [1.54, 1.807) is 0 Å². The highest BCUT2D eigenvalue weighted by Gasteiger charge is 2.19. The fourth-order valence-electron chi connectivity index (χ4n) is 2.17. The standard InChI is InChI=1S/C17H31NO6/c1-2-3-4-5-6-7-8-9-10-11-16(21)23-24-17(22)14(18)12-13-15(19)20/h14H,2-13,18H2,1H3,(H,19,20). The lowest BCUT2D eigenvalue weighted by molar-refractivity contribution is -0.260. The summed E-state index contributed by atoms with van der Waals surface area (Å²) in [5.74, 6) is -2.60. The predicted octanol–water partition coefficient (Wildman–Crippen LogP) is 3.10. The summed E-state index contributed by atoms with van der Waals surface area (Å²) in [4.78, 5) is 41.8. The zero-order valence-corrected chi connectivity index (χ0v) is 14.6. The van der Waals surface area contributed by atoms with E-state index in [0.29, 0.717) is 6.42 Å². The number of nitrogens with two attached hydrogens (primary N) is 1. The molecule has 3 N–H and O–H groups in total. The Balaban J connectivity index is 3.52. The van der Waals surface area contributed by atoms with Crippen LogP contribution in [0.3, 0.4) is 0 Å². The molecule has 0 heterocycles. The minimum atomic E-state index is -1.11. The molecule has 140 valence electrons. The van der Waals surface area contributed by atoms with E-state index in [9.17, 15) is 14.4 Å². The van der Waals surface area contributed by atoms with E-state index in [1.165, 1.54) is 38.5 Å². The third-order valence-electron chi connectivity index (χ3n) is 3.67. The monoisotopic (exact) mass is 345 g/mol. The molecular weight excluding hydrogens is 314 g/mol. The van der Waals surface area contributed by atoms with Crippen molar-refractivity contribution in [1.29, 1.82) is 0 Å². The van der Waals surface area contributed by atoms with Crippen LogP contribution in [0.5, 0.6) is 0 Å². The summed E-state index contributed by atoms with van der Waals surface area (Å²) in [6.07, 6.45) is 10.1. The summed E-state index contributed by atoms with van der Waals surface area (Å²) in [6.45, 7) is 2.19. The van der Waals surface area contributed by atoms with Gasteiger partial charge in [0.15, 0.2) is 0 Å². The van der Waals surface area contributed by atoms with Crippen molar-refractivity contribution >= 4 is 17.9 Å². The molecule has 0 saturated heterocycles. The Morgan fingerprint density at radius 1 is 0.875 bits per heavy atom. The minimum Gasteiger partial charge on any atom is -0.481 e. The molecule has 1 atom stereocenters. The lowest BCUT2D eigenvalue weighted by Crippen LogP contribution is -2.33. The summed E-state index contributed by atoms with van der Waals surface area (Å²) < 4.78 is 0. The van der Waals surface area contributed by atoms with E-state index < -0.39 is 23.9 Å². The Hall–Kier alpha value is -1.63. The van der Waals surface area contributed by atoms with Crippen molar-refractivity contribution in [2.24, 2.45) is 5.73 Å². The first kappa shape index (κ1) is 22.4. The Morgan fingerprint density at radius 2 is 1.42 bits per heavy atom. The van der Waals surface area contributed by atoms with Gasteiger partial charge in [0.2, 0.25) is 0 Å². The number of aliphatic carboxylic acids is 1. The smallest absolute Gasteiger partial charge is 0.372 e. The second-order valence-electron chi connectivity index (χ2n) is 5.98. The van der Waals surface area contributed by atoms with Crippen LogP contribution in [-0.2, 0) is 24.2 Å². The average Bonchev–Trinajstić information content (AvgIpc) is 2.55. The van der Waals surface area contributed by atoms with Crippen molar-refractivity contribution in [2.75, 3.05) is 0 Å². The highest BCUT2D eigenvalue weighted by atomic mass is 17.2. The lowest BCUT2D eigenvalue weighted by atomic mass is 10.1. The van der Waals surface area contributed by atoms with Gasteiger partial charge in [-0.2, -0.15) is 0 Å². The number of hydrogen-bond acceptors (Lipinski definition) is 6. The van der Waals surface area contributed by atoms with Gasteiger partial charge in [-0.25, -0.2) is 19.4 Å². The number of hydrogen-bond donors (Lipinski definition) is 2. The molecule has 0 aromatic rings. The quantitative estimate of drug-likeness (QED) is 0.282. The van der Waals surface area contributed by atoms with Crippen molar-refractivity contribution < 1.29 is 29.3 Å². The molecule has 0 aromatic heterocycles. The van der Waals surface area contributed by atoms with Crippen LogP contribution in [0.2, 0.25) is 0 Å². The third kappa shape index (κ3) is 14.0. The van der Waals surface area contributed by atoms with Gasteiger partial charge in [0.1, 0.15) is 6.04 Å². The Kier molecular flexibility index (Phi) is 13.9. The van der Waals surface area contributed by atoms with Gasteiger partial charge >= 0.3 is 17.9 Å². The van der Waals surface area contributed by atoms with Crippen molar-refractivity contribution in [3.63, 3.8) is 0 Å². The number of carboxylic acids is 1. The fourth-order valence-corrected chi connectivity index (χ4v) is 2.17. The van der Waals surface area contributed by atoms with Crippen LogP contribution in [0.15, 0.2) is 0 Å². The zero-order chi connectivity index (χ0) is 18.2. The molecule has 0 fully saturated rings. The first-order valence-corrected chi connectivity index (χ1v) is 8.86. The van der Waals surface area contributed by atoms with Gasteiger partial charge in [0.05, 0.1) is 6.42 Å². The molecule has 1 unspecified atom stereocenters. The Morgan fingerprint density at radius 3 is 1.96 bits per heavy atom. The molecule has 0 aromatic carbocycles. The largest absolute Gasteiger partial charge is 0.481 e. The van der Waals surface area contributed by atoms with Gasteiger partial charge in [-0.3, -0.25) is 4.79 Å². The lowest BCUT2D eigenvalue weighted by Gasteiger charge is -2.08. The summed E-state index contributed by atoms with van der Waals surface area (Å²) in [7, 11) is 0. The maximum atomic E-state index is 11.4. The van der Waals surface area contributed by atoms with Crippen molar-refractivity contribution in [2.45, 2.75) is 90.0 Å². The summed E-state index contributed by atoms with van der Waals surface area (Å²) >= 11 is 0. The van der Waals surface area contributed by atoms with Gasteiger partial charge in [-0.15, -0.1) is 0 Å². The van der Waals surface area contributed by atoms with Gasteiger partial charge < -0.3 is 10.8 Å². The molecule has 0 aliphatic carbocycles. The molecule has 0 bridgehead atoms. The summed E-state index contributed by atoms with van der Waals surface area (Å²) in [5.41, 5.74) is 5.42. The molecule has 0 spiro atoms. The third-order valence-corrected chi connectivity index (χ3v) is 3.67. The molecule has 0 radical (unpaired) electrons. The van der Waals surface area contributed by atoms with Crippen LogP contribution in [0.25, 0.3) is 0 Å². The van der Waals surface area contributed by atoms with Crippen LogP contribution in [0.4, 0.5) is 0 Å². The molecular formula is C17H31NO6. The molecule has 24 heavy (non-hydrogen) atoms. The molecule has 0 amide bonds. The van der Waals surface area contributed by atoms with E-state index >= 15 is 0 Å². The average molecular weight is 345 g/mol. The normalized spacial score (nSPS) is 11.8. The van der Waals surface area contributed by atoms with Gasteiger partial charge in [0, 0.05) is 6.42 Å². The number of rotatable bonds is 14. The molecule has 0 aliphatic rings. The van der Waals surface area contributed by atoms with Crippen LogP contribution < -0.4 is 5.73 Å². The second kappa shape index (κ2) is 14.9. The molecule has 7 heteroatoms. The van der Waals surface area contributed by atoms with Crippen molar-refractivity contribution in [3.8, 4) is 0 Å². The van der Waals surface area contributed by atoms with E-state index in [1.807, 2.05) is 0 Å². The predicted molar refractivity (Wildman–Crippen MR) is 88.9 cm³/mol. The maximum Gasteiger partial charge on any atom is 0.372 e. The number of carboxylic acid groups (broad SMARTS) is 1.